The minimum Gasteiger partial charge on any atom is -0.395 e. The summed E-state index contributed by atoms with van der Waals surface area (Å²) in [5.41, 5.74) is 4.58. The second-order valence-corrected chi connectivity index (χ2v) is 3.80. The lowest BCUT2D eigenvalue weighted by Crippen LogP contribution is -2.48. The number of nitrogens with one attached hydrogen (secondary N) is 2. The Labute approximate surface area is 73.3 Å². The van der Waals surface area contributed by atoms with Crippen LogP contribution in [0.4, 0.5) is 0 Å². The fourth-order valence-electron chi connectivity index (χ4n) is 0.451. The molecule has 0 aliphatic rings. The van der Waals surface area contributed by atoms with Crippen molar-refractivity contribution in [3.63, 3.8) is 0 Å². The third-order valence-electron chi connectivity index (χ3n) is 1.48. The van der Waals surface area contributed by atoms with Crippen molar-refractivity contribution >= 4 is 5.91 Å². The first-order chi connectivity index (χ1) is 5.40. The lowest BCUT2D eigenvalue weighted by atomic mass is 9.94. The van der Waals surface area contributed by atoms with E-state index in [4.69, 9.17) is 5.11 Å². The van der Waals surface area contributed by atoms with Crippen LogP contribution in [0.25, 0.3) is 0 Å². The average Bonchev–Trinajstić information content (AvgIpc) is 2.00. The number of hydrogen-bond acceptors (Lipinski definition) is 3. The van der Waals surface area contributed by atoms with Gasteiger partial charge in [0.2, 0.25) is 5.91 Å². The van der Waals surface area contributed by atoms with Crippen LogP contribution in [0.2, 0.25) is 0 Å². The van der Waals surface area contributed by atoms with Gasteiger partial charge in [-0.2, -0.15) is 0 Å². The Morgan fingerprint density at radius 1 is 1.50 bits per heavy atom. The predicted molar refractivity (Wildman–Crippen MR) is 47.3 cm³/mol. The van der Waals surface area contributed by atoms with Crippen LogP contribution in [0.3, 0.4) is 0 Å². The fraction of sp³-hybridized carbons (Fsp3) is 0.875. The molecule has 0 spiro atoms. The Morgan fingerprint density at radius 2 is 2.00 bits per heavy atom. The maximum atomic E-state index is 11.3. The Balaban J connectivity index is 3.88. The fourth-order valence-corrected chi connectivity index (χ4v) is 0.451. The summed E-state index contributed by atoms with van der Waals surface area (Å²) in [6.45, 7) is 7.06. The molecule has 0 bridgehead atoms. The molecule has 0 aromatic carbocycles. The Bertz CT molecular complexity index is 155. The molecular weight excluding hydrogens is 156 g/mol. The molecule has 0 atom stereocenters. The molecule has 72 valence electrons. The summed E-state index contributed by atoms with van der Waals surface area (Å²) in [6, 6.07) is 0.198. The number of carbonyl (C=O) groups excluding carboxylic acids is 1. The van der Waals surface area contributed by atoms with Crippen LogP contribution in [0.15, 0.2) is 0 Å². The van der Waals surface area contributed by atoms with Crippen LogP contribution in [0, 0.1) is 5.41 Å². The normalized spacial score (nSPS) is 11.8. The van der Waals surface area contributed by atoms with Crippen LogP contribution in [-0.4, -0.2) is 23.7 Å². The van der Waals surface area contributed by atoms with Gasteiger partial charge in [0.1, 0.15) is 0 Å². The lowest BCUT2D eigenvalue weighted by Gasteiger charge is -2.21. The first kappa shape index (κ1) is 11.4. The Morgan fingerprint density at radius 3 is 2.33 bits per heavy atom. The zero-order chi connectivity index (χ0) is 9.78. The molecular formula is C8H18N2O2. The highest BCUT2D eigenvalue weighted by molar-refractivity contribution is 5.81. The molecule has 0 aliphatic heterocycles. The summed E-state index contributed by atoms with van der Waals surface area (Å²) in [6.07, 6.45) is 0. The van der Waals surface area contributed by atoms with E-state index in [9.17, 15) is 4.79 Å². The average molecular weight is 174 g/mol. The second-order valence-electron chi connectivity index (χ2n) is 3.80. The summed E-state index contributed by atoms with van der Waals surface area (Å²) in [5, 5.41) is 8.84. The smallest absolute Gasteiger partial charge is 0.242 e. The van der Waals surface area contributed by atoms with Gasteiger partial charge in [0.05, 0.1) is 12.0 Å². The van der Waals surface area contributed by atoms with E-state index < -0.39 is 5.41 Å². The molecule has 0 fully saturated rings. The van der Waals surface area contributed by atoms with E-state index in [-0.39, 0.29) is 18.6 Å². The van der Waals surface area contributed by atoms with E-state index >= 15 is 0 Å². The number of hydrazine groups is 1. The molecule has 0 unspecified atom stereocenters. The van der Waals surface area contributed by atoms with Crippen LogP contribution < -0.4 is 10.9 Å². The predicted octanol–water partition coefficient (Wildman–Crippen LogP) is 0.0341. The highest BCUT2D eigenvalue weighted by Crippen LogP contribution is 2.12. The number of carbonyl (C=O) groups is 1. The molecule has 3 N–H and O–H groups in total. The number of hydrogen-bond donors (Lipinski definition) is 3. The maximum absolute atomic E-state index is 11.3. The van der Waals surface area contributed by atoms with Gasteiger partial charge in [0, 0.05) is 6.04 Å². The van der Waals surface area contributed by atoms with Crippen molar-refractivity contribution in [2.24, 2.45) is 5.41 Å². The van der Waals surface area contributed by atoms with E-state index in [0.29, 0.717) is 0 Å². The van der Waals surface area contributed by atoms with Gasteiger partial charge in [-0.05, 0) is 27.7 Å². The molecule has 0 aromatic rings. The molecule has 12 heavy (non-hydrogen) atoms. The van der Waals surface area contributed by atoms with Crippen molar-refractivity contribution in [1.82, 2.24) is 10.9 Å². The molecule has 4 nitrogen and oxygen atoms in total. The molecule has 0 heterocycles. The van der Waals surface area contributed by atoms with Gasteiger partial charge in [-0.25, -0.2) is 5.43 Å². The third kappa shape index (κ3) is 3.69. The first-order valence-corrected chi connectivity index (χ1v) is 4.07. The minimum atomic E-state index is -0.720. The van der Waals surface area contributed by atoms with Gasteiger partial charge >= 0.3 is 0 Å². The standard InChI is InChI=1S/C8H18N2O2/c1-6(2)9-10-7(12)8(3,4)5-11/h6,9,11H,5H2,1-4H3,(H,10,12). The van der Waals surface area contributed by atoms with Crippen LogP contribution in [0.5, 0.6) is 0 Å². The van der Waals surface area contributed by atoms with Gasteiger partial charge in [-0.15, -0.1) is 0 Å². The zero-order valence-corrected chi connectivity index (χ0v) is 8.14. The highest BCUT2D eigenvalue weighted by Gasteiger charge is 2.26. The largest absolute Gasteiger partial charge is 0.395 e. The third-order valence-corrected chi connectivity index (χ3v) is 1.48. The Kier molecular flexibility index (Phi) is 4.20. The molecule has 0 saturated heterocycles. The molecule has 0 aromatic heterocycles. The van der Waals surface area contributed by atoms with Crippen LogP contribution >= 0.6 is 0 Å². The highest BCUT2D eigenvalue weighted by atomic mass is 16.3. The van der Waals surface area contributed by atoms with Crippen LogP contribution in [0.1, 0.15) is 27.7 Å². The summed E-state index contributed by atoms with van der Waals surface area (Å²) < 4.78 is 0. The summed E-state index contributed by atoms with van der Waals surface area (Å²) in [7, 11) is 0. The summed E-state index contributed by atoms with van der Waals surface area (Å²) in [4.78, 5) is 11.3. The monoisotopic (exact) mass is 174 g/mol. The molecule has 4 heteroatoms. The zero-order valence-electron chi connectivity index (χ0n) is 8.14. The van der Waals surface area contributed by atoms with E-state index in [1.54, 1.807) is 13.8 Å². The van der Waals surface area contributed by atoms with E-state index in [1.165, 1.54) is 0 Å². The van der Waals surface area contributed by atoms with Gasteiger partial charge in [-0.3, -0.25) is 10.2 Å². The topological polar surface area (TPSA) is 61.4 Å². The van der Waals surface area contributed by atoms with Crippen molar-refractivity contribution in [2.45, 2.75) is 33.7 Å². The quantitative estimate of drug-likeness (QED) is 0.527. The van der Waals surface area contributed by atoms with E-state index in [1.807, 2.05) is 13.8 Å². The summed E-state index contributed by atoms with van der Waals surface area (Å²) >= 11 is 0. The SMILES string of the molecule is CC(C)NNC(=O)C(C)(C)CO. The minimum absolute atomic E-state index is 0.154. The molecule has 0 radical (unpaired) electrons. The molecule has 0 rings (SSSR count). The van der Waals surface area contributed by atoms with Crippen molar-refractivity contribution in [1.29, 1.82) is 0 Å². The number of aliphatic hydroxyl groups is 1. The van der Waals surface area contributed by atoms with Crippen molar-refractivity contribution < 1.29 is 9.90 Å². The first-order valence-electron chi connectivity index (χ1n) is 4.07. The van der Waals surface area contributed by atoms with Gasteiger partial charge in [-0.1, -0.05) is 0 Å². The van der Waals surface area contributed by atoms with Crippen molar-refractivity contribution in [2.75, 3.05) is 6.61 Å². The molecule has 0 aliphatic carbocycles. The second kappa shape index (κ2) is 4.42. The van der Waals surface area contributed by atoms with E-state index in [0.717, 1.165) is 0 Å². The number of amides is 1. The van der Waals surface area contributed by atoms with E-state index in [2.05, 4.69) is 10.9 Å². The number of aliphatic hydroxyl groups excluding tert-OH is 1. The van der Waals surface area contributed by atoms with Crippen molar-refractivity contribution in [3.8, 4) is 0 Å². The van der Waals surface area contributed by atoms with Crippen molar-refractivity contribution in [3.05, 3.63) is 0 Å². The Hall–Kier alpha value is -0.610. The molecule has 0 saturated carbocycles. The molecule has 1 amide bonds. The van der Waals surface area contributed by atoms with Gasteiger partial charge in [0.25, 0.3) is 0 Å². The van der Waals surface area contributed by atoms with Gasteiger partial charge in [0.15, 0.2) is 0 Å². The maximum Gasteiger partial charge on any atom is 0.242 e. The van der Waals surface area contributed by atoms with Crippen LogP contribution in [-0.2, 0) is 4.79 Å². The number of rotatable bonds is 4. The van der Waals surface area contributed by atoms with Gasteiger partial charge < -0.3 is 5.11 Å². The lowest BCUT2D eigenvalue weighted by molar-refractivity contribution is -0.132. The summed E-state index contributed by atoms with van der Waals surface area (Å²) in [5.74, 6) is -0.196.